The zero-order valence-corrected chi connectivity index (χ0v) is 13.0. The van der Waals surface area contributed by atoms with Crippen LogP contribution in [-0.4, -0.2) is 30.2 Å². The summed E-state index contributed by atoms with van der Waals surface area (Å²) in [6.07, 6.45) is 4.27. The van der Waals surface area contributed by atoms with Crippen LogP contribution in [0.1, 0.15) is 49.9 Å². The van der Waals surface area contributed by atoms with Crippen molar-refractivity contribution in [1.29, 1.82) is 0 Å². The van der Waals surface area contributed by atoms with Crippen molar-refractivity contribution in [2.45, 2.75) is 45.6 Å². The Morgan fingerprint density at radius 3 is 2.57 bits per heavy atom. The van der Waals surface area contributed by atoms with Crippen LogP contribution in [0, 0.1) is 5.41 Å². The Hall–Kier alpha value is -1.55. The molecule has 0 radical (unpaired) electrons. The summed E-state index contributed by atoms with van der Waals surface area (Å²) >= 11 is 0. The first kappa shape index (κ1) is 15.8. The van der Waals surface area contributed by atoms with Gasteiger partial charge in [-0.1, -0.05) is 25.0 Å². The van der Waals surface area contributed by atoms with Crippen LogP contribution in [0.5, 0.6) is 0 Å². The molecule has 2 rings (SSSR count). The van der Waals surface area contributed by atoms with Gasteiger partial charge in [-0.15, -0.1) is 0 Å². The molecule has 0 bridgehead atoms. The van der Waals surface area contributed by atoms with Gasteiger partial charge in [-0.25, -0.2) is 0 Å². The van der Waals surface area contributed by atoms with Gasteiger partial charge in [0, 0.05) is 23.7 Å². The summed E-state index contributed by atoms with van der Waals surface area (Å²) in [6.45, 7) is 4.81. The van der Waals surface area contributed by atoms with E-state index in [4.69, 9.17) is 0 Å². The highest BCUT2D eigenvalue weighted by molar-refractivity contribution is 5.99. The first-order valence-electron chi connectivity index (χ1n) is 7.81. The summed E-state index contributed by atoms with van der Waals surface area (Å²) in [7, 11) is 0. The molecule has 0 spiro atoms. The quantitative estimate of drug-likeness (QED) is 0.755. The zero-order chi connectivity index (χ0) is 15.3. The van der Waals surface area contributed by atoms with Crippen molar-refractivity contribution in [3.8, 4) is 0 Å². The SMILES string of the molecule is CC(C)Nc1ccccc1C(=O)NCC1(CO)CCCC1. The lowest BCUT2D eigenvalue weighted by Crippen LogP contribution is -2.38. The van der Waals surface area contributed by atoms with Crippen LogP contribution in [-0.2, 0) is 0 Å². The van der Waals surface area contributed by atoms with E-state index in [1.165, 1.54) is 0 Å². The van der Waals surface area contributed by atoms with Gasteiger partial charge < -0.3 is 15.7 Å². The number of para-hydroxylation sites is 1. The molecular formula is C17H26N2O2. The minimum absolute atomic E-state index is 0.0709. The number of aliphatic hydroxyl groups is 1. The van der Waals surface area contributed by atoms with E-state index in [2.05, 4.69) is 10.6 Å². The summed E-state index contributed by atoms with van der Waals surface area (Å²) in [5, 5.41) is 15.9. The smallest absolute Gasteiger partial charge is 0.253 e. The van der Waals surface area contributed by atoms with Gasteiger partial charge in [-0.2, -0.15) is 0 Å². The van der Waals surface area contributed by atoms with Gasteiger partial charge in [-0.3, -0.25) is 4.79 Å². The minimum atomic E-state index is -0.115. The van der Waals surface area contributed by atoms with Crippen LogP contribution in [0.4, 0.5) is 5.69 Å². The Morgan fingerprint density at radius 1 is 1.29 bits per heavy atom. The molecule has 21 heavy (non-hydrogen) atoms. The fourth-order valence-electron chi connectivity index (χ4n) is 3.00. The van der Waals surface area contributed by atoms with Crippen molar-refractivity contribution in [2.24, 2.45) is 5.41 Å². The van der Waals surface area contributed by atoms with Crippen LogP contribution in [0.15, 0.2) is 24.3 Å². The molecule has 116 valence electrons. The molecule has 1 aliphatic carbocycles. The lowest BCUT2D eigenvalue weighted by molar-refractivity contribution is 0.0881. The number of anilines is 1. The molecule has 1 amide bonds. The Morgan fingerprint density at radius 2 is 1.95 bits per heavy atom. The van der Waals surface area contributed by atoms with Gasteiger partial charge in [0.1, 0.15) is 0 Å². The van der Waals surface area contributed by atoms with E-state index < -0.39 is 0 Å². The maximum absolute atomic E-state index is 12.4. The van der Waals surface area contributed by atoms with Gasteiger partial charge >= 0.3 is 0 Å². The Balaban J connectivity index is 2.03. The van der Waals surface area contributed by atoms with Crippen molar-refractivity contribution >= 4 is 11.6 Å². The molecule has 0 saturated heterocycles. The van der Waals surface area contributed by atoms with E-state index in [0.717, 1.165) is 31.4 Å². The zero-order valence-electron chi connectivity index (χ0n) is 13.0. The predicted octanol–water partition coefficient (Wildman–Crippen LogP) is 2.79. The highest BCUT2D eigenvalue weighted by atomic mass is 16.3. The summed E-state index contributed by atoms with van der Waals surface area (Å²) in [6, 6.07) is 7.83. The van der Waals surface area contributed by atoms with Crippen LogP contribution < -0.4 is 10.6 Å². The summed E-state index contributed by atoms with van der Waals surface area (Å²) in [5.74, 6) is -0.0709. The van der Waals surface area contributed by atoms with Gasteiger partial charge in [-0.05, 0) is 38.8 Å². The second kappa shape index (κ2) is 6.94. The number of carbonyl (C=O) groups excluding carboxylic acids is 1. The number of hydrogen-bond donors (Lipinski definition) is 3. The number of rotatable bonds is 6. The molecule has 0 aromatic heterocycles. The molecule has 0 unspecified atom stereocenters. The molecule has 1 aromatic rings. The third-order valence-electron chi connectivity index (χ3n) is 4.24. The van der Waals surface area contributed by atoms with Gasteiger partial charge in [0.2, 0.25) is 0 Å². The summed E-state index contributed by atoms with van der Waals surface area (Å²) in [4.78, 5) is 12.4. The lowest BCUT2D eigenvalue weighted by atomic mass is 9.87. The first-order chi connectivity index (χ1) is 10.1. The molecule has 3 N–H and O–H groups in total. The van der Waals surface area contributed by atoms with Crippen molar-refractivity contribution in [1.82, 2.24) is 5.32 Å². The molecule has 0 heterocycles. The predicted molar refractivity (Wildman–Crippen MR) is 85.5 cm³/mol. The number of nitrogens with one attached hydrogen (secondary N) is 2. The fraction of sp³-hybridized carbons (Fsp3) is 0.588. The van der Waals surface area contributed by atoms with Crippen molar-refractivity contribution in [2.75, 3.05) is 18.5 Å². The van der Waals surface area contributed by atoms with Crippen LogP contribution in [0.2, 0.25) is 0 Å². The van der Waals surface area contributed by atoms with E-state index in [9.17, 15) is 9.90 Å². The van der Waals surface area contributed by atoms with Crippen LogP contribution in [0.3, 0.4) is 0 Å². The Kier molecular flexibility index (Phi) is 5.23. The Labute approximate surface area is 126 Å². The standard InChI is InChI=1S/C17H26N2O2/c1-13(2)19-15-8-4-3-7-14(15)16(21)18-11-17(12-20)9-5-6-10-17/h3-4,7-8,13,19-20H,5-6,9-12H2,1-2H3,(H,18,21). The molecule has 0 atom stereocenters. The van der Waals surface area contributed by atoms with E-state index in [1.54, 1.807) is 0 Å². The van der Waals surface area contributed by atoms with E-state index in [1.807, 2.05) is 38.1 Å². The van der Waals surface area contributed by atoms with Gasteiger partial charge in [0.25, 0.3) is 5.91 Å². The Bertz CT molecular complexity index is 479. The topological polar surface area (TPSA) is 61.4 Å². The third-order valence-corrected chi connectivity index (χ3v) is 4.24. The number of aliphatic hydroxyl groups excluding tert-OH is 1. The molecule has 4 heteroatoms. The van der Waals surface area contributed by atoms with Crippen LogP contribution in [0.25, 0.3) is 0 Å². The van der Waals surface area contributed by atoms with E-state index >= 15 is 0 Å². The average molecular weight is 290 g/mol. The molecule has 0 aliphatic heterocycles. The monoisotopic (exact) mass is 290 g/mol. The maximum atomic E-state index is 12.4. The van der Waals surface area contributed by atoms with E-state index in [0.29, 0.717) is 12.1 Å². The maximum Gasteiger partial charge on any atom is 0.253 e. The van der Waals surface area contributed by atoms with Crippen LogP contribution >= 0.6 is 0 Å². The highest BCUT2D eigenvalue weighted by Crippen LogP contribution is 2.37. The number of hydrogen-bond acceptors (Lipinski definition) is 3. The second-order valence-electron chi connectivity index (χ2n) is 6.39. The third kappa shape index (κ3) is 3.97. The molecule has 1 fully saturated rings. The highest BCUT2D eigenvalue weighted by Gasteiger charge is 2.33. The normalized spacial score (nSPS) is 17.0. The van der Waals surface area contributed by atoms with Crippen molar-refractivity contribution < 1.29 is 9.90 Å². The van der Waals surface area contributed by atoms with Gasteiger partial charge in [0.05, 0.1) is 12.2 Å². The minimum Gasteiger partial charge on any atom is -0.396 e. The lowest BCUT2D eigenvalue weighted by Gasteiger charge is -2.26. The average Bonchev–Trinajstić information content (AvgIpc) is 2.94. The summed E-state index contributed by atoms with van der Waals surface area (Å²) in [5.41, 5.74) is 1.41. The summed E-state index contributed by atoms with van der Waals surface area (Å²) < 4.78 is 0. The molecule has 4 nitrogen and oxygen atoms in total. The van der Waals surface area contributed by atoms with Crippen molar-refractivity contribution in [3.05, 3.63) is 29.8 Å². The number of benzene rings is 1. The first-order valence-corrected chi connectivity index (χ1v) is 7.81. The van der Waals surface area contributed by atoms with Crippen molar-refractivity contribution in [3.63, 3.8) is 0 Å². The number of amides is 1. The van der Waals surface area contributed by atoms with E-state index in [-0.39, 0.29) is 24.0 Å². The second-order valence-corrected chi connectivity index (χ2v) is 6.39. The van der Waals surface area contributed by atoms with Gasteiger partial charge in [0.15, 0.2) is 0 Å². The molecule has 1 aromatic carbocycles. The molecule has 1 aliphatic rings. The number of carbonyl (C=O) groups is 1. The largest absolute Gasteiger partial charge is 0.396 e. The molecule has 1 saturated carbocycles. The molecular weight excluding hydrogens is 264 g/mol. The fourth-order valence-corrected chi connectivity index (χ4v) is 3.00.